The molecular formula is C13H16BrN3. The number of hydrogen-bond acceptors (Lipinski definition) is 2. The van der Waals surface area contributed by atoms with E-state index < -0.39 is 5.54 Å². The normalized spacial score (nSPS) is 11.8. The number of hydrogen-bond donors (Lipinski definition) is 1. The molecule has 0 saturated heterocycles. The molecule has 0 aliphatic carbocycles. The van der Waals surface area contributed by atoms with Crippen LogP contribution in [-0.2, 0) is 5.54 Å². The number of nitrogens with zero attached hydrogens (tertiary/aromatic N) is 2. The van der Waals surface area contributed by atoms with Gasteiger partial charge in [0.15, 0.2) is 0 Å². The molecule has 2 rings (SSSR count). The third kappa shape index (κ3) is 2.28. The molecule has 0 aliphatic rings. The number of halogens is 1. The third-order valence-electron chi connectivity index (χ3n) is 2.80. The highest BCUT2D eigenvalue weighted by atomic mass is 79.9. The standard InChI is InChI=1S/C13H16BrN3/c1-9-10(14)5-4-6-11(9)17-8-16-7-12(17)13(2,3)15/h4-8H,15H2,1-3H3. The van der Waals surface area contributed by atoms with Crippen molar-refractivity contribution in [2.24, 2.45) is 5.73 Å². The molecule has 0 fully saturated rings. The molecule has 0 unspecified atom stereocenters. The number of benzene rings is 1. The molecule has 1 aromatic heterocycles. The Morgan fingerprint density at radius 2 is 2.06 bits per heavy atom. The summed E-state index contributed by atoms with van der Waals surface area (Å²) in [5.74, 6) is 0. The molecular weight excluding hydrogens is 278 g/mol. The maximum absolute atomic E-state index is 6.15. The Bertz CT molecular complexity index is 538. The van der Waals surface area contributed by atoms with Crippen LogP contribution in [0.15, 0.2) is 35.2 Å². The Balaban J connectivity index is 2.62. The van der Waals surface area contributed by atoms with Gasteiger partial charge in [0.1, 0.15) is 0 Å². The predicted octanol–water partition coefficient (Wildman–Crippen LogP) is 3.14. The summed E-state index contributed by atoms with van der Waals surface area (Å²) in [5.41, 5.74) is 9.02. The molecule has 90 valence electrons. The molecule has 17 heavy (non-hydrogen) atoms. The van der Waals surface area contributed by atoms with E-state index in [0.29, 0.717) is 0 Å². The lowest BCUT2D eigenvalue weighted by molar-refractivity contribution is 0.524. The summed E-state index contributed by atoms with van der Waals surface area (Å²) in [4.78, 5) is 4.20. The molecule has 2 N–H and O–H groups in total. The van der Waals surface area contributed by atoms with Crippen molar-refractivity contribution >= 4 is 15.9 Å². The van der Waals surface area contributed by atoms with Crippen molar-refractivity contribution in [3.05, 3.63) is 46.5 Å². The van der Waals surface area contributed by atoms with Gasteiger partial charge in [-0.05, 0) is 38.5 Å². The van der Waals surface area contributed by atoms with Crippen LogP contribution in [0.2, 0.25) is 0 Å². The van der Waals surface area contributed by atoms with E-state index in [4.69, 9.17) is 5.73 Å². The van der Waals surface area contributed by atoms with Gasteiger partial charge in [0.2, 0.25) is 0 Å². The van der Waals surface area contributed by atoms with Gasteiger partial charge in [0.25, 0.3) is 0 Å². The molecule has 0 amide bonds. The SMILES string of the molecule is Cc1c(Br)cccc1-n1cncc1C(C)(C)N. The molecule has 1 heterocycles. The van der Waals surface area contributed by atoms with E-state index in [1.807, 2.05) is 36.7 Å². The predicted molar refractivity (Wildman–Crippen MR) is 73.2 cm³/mol. The van der Waals surface area contributed by atoms with Crippen LogP contribution in [0.3, 0.4) is 0 Å². The van der Waals surface area contributed by atoms with Gasteiger partial charge in [-0.2, -0.15) is 0 Å². The van der Waals surface area contributed by atoms with Crippen LogP contribution in [-0.4, -0.2) is 9.55 Å². The van der Waals surface area contributed by atoms with E-state index in [1.54, 1.807) is 6.33 Å². The highest BCUT2D eigenvalue weighted by Crippen LogP contribution is 2.26. The fourth-order valence-corrected chi connectivity index (χ4v) is 2.18. The Kier molecular flexibility index (Phi) is 3.10. The van der Waals surface area contributed by atoms with Gasteiger partial charge in [-0.1, -0.05) is 22.0 Å². The summed E-state index contributed by atoms with van der Waals surface area (Å²) in [6.07, 6.45) is 3.62. The summed E-state index contributed by atoms with van der Waals surface area (Å²) < 4.78 is 3.13. The molecule has 0 saturated carbocycles. The van der Waals surface area contributed by atoms with Crippen LogP contribution in [0.25, 0.3) is 5.69 Å². The zero-order valence-corrected chi connectivity index (χ0v) is 11.8. The van der Waals surface area contributed by atoms with Gasteiger partial charge in [0.05, 0.1) is 29.4 Å². The quantitative estimate of drug-likeness (QED) is 0.924. The minimum absolute atomic E-state index is 0.411. The first kappa shape index (κ1) is 12.3. The largest absolute Gasteiger partial charge is 0.321 e. The highest BCUT2D eigenvalue weighted by Gasteiger charge is 2.20. The highest BCUT2D eigenvalue weighted by molar-refractivity contribution is 9.10. The summed E-state index contributed by atoms with van der Waals surface area (Å²) in [6, 6.07) is 6.11. The maximum atomic E-state index is 6.15. The van der Waals surface area contributed by atoms with Crippen LogP contribution in [0.1, 0.15) is 25.1 Å². The minimum Gasteiger partial charge on any atom is -0.321 e. The first-order valence-corrected chi connectivity index (χ1v) is 6.28. The van der Waals surface area contributed by atoms with E-state index >= 15 is 0 Å². The molecule has 0 bridgehead atoms. The Morgan fingerprint density at radius 3 is 2.71 bits per heavy atom. The second kappa shape index (κ2) is 4.27. The number of aromatic nitrogens is 2. The molecule has 0 radical (unpaired) electrons. The molecule has 0 aliphatic heterocycles. The van der Waals surface area contributed by atoms with Crippen LogP contribution < -0.4 is 5.73 Å². The fourth-order valence-electron chi connectivity index (χ4n) is 1.82. The van der Waals surface area contributed by atoms with Crippen molar-refractivity contribution in [3.8, 4) is 5.69 Å². The summed E-state index contributed by atoms with van der Waals surface area (Å²) in [7, 11) is 0. The second-order valence-electron chi connectivity index (χ2n) is 4.75. The minimum atomic E-state index is -0.411. The molecule has 0 spiro atoms. The van der Waals surface area contributed by atoms with Crippen LogP contribution in [0.4, 0.5) is 0 Å². The van der Waals surface area contributed by atoms with E-state index in [1.165, 1.54) is 5.56 Å². The maximum Gasteiger partial charge on any atom is 0.0994 e. The van der Waals surface area contributed by atoms with Gasteiger partial charge in [-0.15, -0.1) is 0 Å². The summed E-state index contributed by atoms with van der Waals surface area (Å²) in [6.45, 7) is 6.04. The van der Waals surface area contributed by atoms with Crippen LogP contribution in [0.5, 0.6) is 0 Å². The van der Waals surface area contributed by atoms with E-state index in [9.17, 15) is 0 Å². The lowest BCUT2D eigenvalue weighted by Gasteiger charge is -2.21. The van der Waals surface area contributed by atoms with Gasteiger partial charge < -0.3 is 10.3 Å². The van der Waals surface area contributed by atoms with Crippen molar-refractivity contribution in [2.75, 3.05) is 0 Å². The van der Waals surface area contributed by atoms with Gasteiger partial charge in [-0.25, -0.2) is 4.98 Å². The fraction of sp³-hybridized carbons (Fsp3) is 0.308. The molecule has 2 aromatic rings. The Morgan fingerprint density at radius 1 is 1.35 bits per heavy atom. The molecule has 3 nitrogen and oxygen atoms in total. The first-order valence-electron chi connectivity index (χ1n) is 5.48. The zero-order chi connectivity index (χ0) is 12.6. The monoisotopic (exact) mass is 293 g/mol. The first-order chi connectivity index (χ1) is 7.91. The summed E-state index contributed by atoms with van der Waals surface area (Å²) in [5, 5.41) is 0. The topological polar surface area (TPSA) is 43.8 Å². The number of nitrogens with two attached hydrogens (primary N) is 1. The van der Waals surface area contributed by atoms with Crippen molar-refractivity contribution in [1.82, 2.24) is 9.55 Å². The zero-order valence-electron chi connectivity index (χ0n) is 10.2. The average molecular weight is 294 g/mol. The summed E-state index contributed by atoms with van der Waals surface area (Å²) >= 11 is 3.54. The molecule has 4 heteroatoms. The van der Waals surface area contributed by atoms with Crippen molar-refractivity contribution in [2.45, 2.75) is 26.3 Å². The van der Waals surface area contributed by atoms with E-state index in [2.05, 4.69) is 33.9 Å². The Hall–Kier alpha value is -1.13. The van der Waals surface area contributed by atoms with Crippen molar-refractivity contribution in [3.63, 3.8) is 0 Å². The van der Waals surface area contributed by atoms with E-state index in [-0.39, 0.29) is 0 Å². The third-order valence-corrected chi connectivity index (χ3v) is 3.66. The van der Waals surface area contributed by atoms with E-state index in [0.717, 1.165) is 15.9 Å². The van der Waals surface area contributed by atoms with Gasteiger partial charge in [0, 0.05) is 4.47 Å². The Labute approximate surface area is 110 Å². The molecule has 0 atom stereocenters. The van der Waals surface area contributed by atoms with Crippen LogP contribution in [0, 0.1) is 6.92 Å². The van der Waals surface area contributed by atoms with Crippen molar-refractivity contribution in [1.29, 1.82) is 0 Å². The van der Waals surface area contributed by atoms with Crippen molar-refractivity contribution < 1.29 is 0 Å². The lowest BCUT2D eigenvalue weighted by atomic mass is 10.0. The lowest BCUT2D eigenvalue weighted by Crippen LogP contribution is -2.31. The van der Waals surface area contributed by atoms with Gasteiger partial charge >= 0.3 is 0 Å². The number of rotatable bonds is 2. The average Bonchev–Trinajstić information content (AvgIpc) is 2.70. The van der Waals surface area contributed by atoms with Gasteiger partial charge in [-0.3, -0.25) is 0 Å². The molecule has 1 aromatic carbocycles. The smallest absolute Gasteiger partial charge is 0.0994 e. The number of imidazole rings is 1. The second-order valence-corrected chi connectivity index (χ2v) is 5.61. The van der Waals surface area contributed by atoms with Crippen LogP contribution >= 0.6 is 15.9 Å².